The average molecular weight is 379 g/mol. The van der Waals surface area contributed by atoms with Gasteiger partial charge in [0.2, 0.25) is 5.91 Å². The molecular weight excluding hydrogens is 354 g/mol. The minimum absolute atomic E-state index is 0.0364. The summed E-state index contributed by atoms with van der Waals surface area (Å²) in [6, 6.07) is 10.4. The third kappa shape index (κ3) is 3.66. The van der Waals surface area contributed by atoms with E-state index >= 15 is 0 Å². The summed E-state index contributed by atoms with van der Waals surface area (Å²) in [6.07, 6.45) is 5.27. The molecule has 0 radical (unpaired) electrons. The molecule has 3 atom stereocenters. The molecule has 2 aliphatic rings. The maximum absolute atomic E-state index is 12.0. The Morgan fingerprint density at radius 1 is 1.29 bits per heavy atom. The van der Waals surface area contributed by atoms with Crippen LogP contribution in [0.15, 0.2) is 36.7 Å². The summed E-state index contributed by atoms with van der Waals surface area (Å²) in [7, 11) is 3.56. The lowest BCUT2D eigenvalue weighted by molar-refractivity contribution is -0.134. The van der Waals surface area contributed by atoms with Gasteiger partial charge in [-0.15, -0.1) is 0 Å². The van der Waals surface area contributed by atoms with Gasteiger partial charge in [-0.3, -0.25) is 9.69 Å². The van der Waals surface area contributed by atoms with Crippen molar-refractivity contribution in [2.24, 2.45) is 0 Å². The van der Waals surface area contributed by atoms with Crippen LogP contribution in [0.3, 0.4) is 0 Å². The van der Waals surface area contributed by atoms with Crippen molar-refractivity contribution < 1.29 is 9.53 Å². The number of hydrogen-bond acceptors (Lipinski definition) is 5. The molecule has 7 heteroatoms. The van der Waals surface area contributed by atoms with Gasteiger partial charge in [0.1, 0.15) is 5.82 Å². The van der Waals surface area contributed by atoms with E-state index in [0.29, 0.717) is 30.7 Å². The van der Waals surface area contributed by atoms with Crippen molar-refractivity contribution in [2.75, 3.05) is 33.8 Å². The Morgan fingerprint density at radius 2 is 2.07 bits per heavy atom. The van der Waals surface area contributed by atoms with Crippen LogP contribution in [0.4, 0.5) is 0 Å². The number of aromatic nitrogens is 2. The lowest BCUT2D eigenvalue weighted by atomic mass is 10.1. The molecule has 0 bridgehead atoms. The van der Waals surface area contributed by atoms with E-state index in [1.165, 1.54) is 0 Å². The number of carbonyl (C=O) groups is 1. The van der Waals surface area contributed by atoms with E-state index in [4.69, 9.17) is 10.00 Å². The van der Waals surface area contributed by atoms with Crippen LogP contribution in [0.25, 0.3) is 11.4 Å². The van der Waals surface area contributed by atoms with E-state index < -0.39 is 0 Å². The van der Waals surface area contributed by atoms with Gasteiger partial charge in [-0.25, -0.2) is 4.98 Å². The van der Waals surface area contributed by atoms with Gasteiger partial charge in [-0.05, 0) is 30.7 Å². The van der Waals surface area contributed by atoms with Crippen molar-refractivity contribution in [3.63, 3.8) is 0 Å². The molecule has 2 aromatic rings. The number of nitriles is 1. The van der Waals surface area contributed by atoms with E-state index in [2.05, 4.69) is 20.5 Å². The van der Waals surface area contributed by atoms with Crippen LogP contribution in [-0.4, -0.2) is 71.2 Å². The minimum Gasteiger partial charge on any atom is -0.375 e. The number of imidazole rings is 1. The number of ether oxygens (including phenoxy) is 1. The van der Waals surface area contributed by atoms with Crippen molar-refractivity contribution in [2.45, 2.75) is 31.0 Å². The Morgan fingerprint density at radius 3 is 2.79 bits per heavy atom. The molecule has 0 saturated carbocycles. The second kappa shape index (κ2) is 7.74. The zero-order chi connectivity index (χ0) is 19.7. The predicted octanol–water partition coefficient (Wildman–Crippen LogP) is 1.91. The minimum atomic E-state index is -0.0364. The third-order valence-electron chi connectivity index (χ3n) is 5.70. The van der Waals surface area contributed by atoms with Gasteiger partial charge in [0.25, 0.3) is 0 Å². The maximum Gasteiger partial charge on any atom is 0.224 e. The molecule has 1 amide bonds. The number of nitrogens with zero attached hydrogens (tertiary/aromatic N) is 5. The molecule has 2 fully saturated rings. The van der Waals surface area contributed by atoms with E-state index in [9.17, 15) is 4.79 Å². The van der Waals surface area contributed by atoms with Gasteiger partial charge < -0.3 is 14.2 Å². The van der Waals surface area contributed by atoms with Crippen LogP contribution in [0.5, 0.6) is 0 Å². The first-order valence-electron chi connectivity index (χ1n) is 9.64. The largest absolute Gasteiger partial charge is 0.375 e. The van der Waals surface area contributed by atoms with Crippen LogP contribution < -0.4 is 0 Å². The lowest BCUT2D eigenvalue weighted by Crippen LogP contribution is -2.47. The molecule has 3 heterocycles. The van der Waals surface area contributed by atoms with Crippen LogP contribution in [-0.2, 0) is 9.53 Å². The third-order valence-corrected chi connectivity index (χ3v) is 5.70. The number of amides is 1. The lowest BCUT2D eigenvalue weighted by Gasteiger charge is -2.35. The van der Waals surface area contributed by atoms with Gasteiger partial charge in [0.15, 0.2) is 0 Å². The summed E-state index contributed by atoms with van der Waals surface area (Å²) in [6.45, 7) is 2.39. The summed E-state index contributed by atoms with van der Waals surface area (Å²) in [4.78, 5) is 20.6. The van der Waals surface area contributed by atoms with Crippen LogP contribution in [0, 0.1) is 11.3 Å². The first-order valence-corrected chi connectivity index (χ1v) is 9.64. The zero-order valence-corrected chi connectivity index (χ0v) is 16.3. The molecule has 1 aromatic carbocycles. The molecule has 2 saturated heterocycles. The topological polar surface area (TPSA) is 74.4 Å². The second-order valence-electron chi connectivity index (χ2n) is 7.79. The highest BCUT2D eigenvalue weighted by Gasteiger charge is 2.39. The van der Waals surface area contributed by atoms with Crippen molar-refractivity contribution in [1.82, 2.24) is 19.4 Å². The molecule has 146 valence electrons. The van der Waals surface area contributed by atoms with Crippen molar-refractivity contribution >= 4 is 5.91 Å². The van der Waals surface area contributed by atoms with Gasteiger partial charge in [-0.2, -0.15) is 5.26 Å². The molecular formula is C21H25N5O2. The Kier molecular flexibility index (Phi) is 5.16. The fourth-order valence-corrected chi connectivity index (χ4v) is 4.14. The Hall–Kier alpha value is -2.69. The van der Waals surface area contributed by atoms with E-state index in [1.54, 1.807) is 19.0 Å². The standard InChI is InChI=1S/C21H25N5O2/c1-24(2)20(27)10-19-13-25-12-17(9-18(25)14-28-19)26-8-7-23-21(26)16-5-3-15(11-22)4-6-16/h3-8,17-19H,9-10,12-14H2,1-2H3/t17-,18+,19+/m1/s1. The quantitative estimate of drug-likeness (QED) is 0.811. The maximum atomic E-state index is 12.0. The number of morpholine rings is 1. The first-order chi connectivity index (χ1) is 13.5. The highest BCUT2D eigenvalue weighted by Crippen LogP contribution is 2.33. The van der Waals surface area contributed by atoms with Gasteiger partial charge >= 0.3 is 0 Å². The predicted molar refractivity (Wildman–Crippen MR) is 104 cm³/mol. The number of carbonyl (C=O) groups excluding carboxylic acids is 1. The van der Waals surface area contributed by atoms with Crippen molar-refractivity contribution in [3.8, 4) is 17.5 Å². The van der Waals surface area contributed by atoms with Crippen LogP contribution in [0.2, 0.25) is 0 Å². The van der Waals surface area contributed by atoms with Crippen molar-refractivity contribution in [3.05, 3.63) is 42.2 Å². The Labute approximate surface area is 165 Å². The smallest absolute Gasteiger partial charge is 0.224 e. The van der Waals surface area contributed by atoms with Crippen molar-refractivity contribution in [1.29, 1.82) is 5.26 Å². The fraction of sp³-hybridized carbons (Fsp3) is 0.476. The number of fused-ring (bicyclic) bond motifs is 1. The molecule has 0 N–H and O–H groups in total. The van der Waals surface area contributed by atoms with Gasteiger partial charge in [0, 0.05) is 57.2 Å². The monoisotopic (exact) mass is 379 g/mol. The molecule has 4 rings (SSSR count). The SMILES string of the molecule is CN(C)C(=O)C[C@H]1CN2C[C@H](n3ccnc3-c3ccc(C#N)cc3)C[C@H]2CO1. The number of benzene rings is 1. The van der Waals surface area contributed by atoms with E-state index in [-0.39, 0.29) is 12.0 Å². The average Bonchev–Trinajstić information content (AvgIpc) is 3.34. The van der Waals surface area contributed by atoms with Crippen LogP contribution in [0.1, 0.15) is 24.4 Å². The summed E-state index contributed by atoms with van der Waals surface area (Å²) >= 11 is 0. The highest BCUT2D eigenvalue weighted by atomic mass is 16.5. The summed E-state index contributed by atoms with van der Waals surface area (Å²) in [5.41, 5.74) is 1.66. The van der Waals surface area contributed by atoms with E-state index in [1.807, 2.05) is 36.7 Å². The molecule has 7 nitrogen and oxygen atoms in total. The molecule has 2 aliphatic heterocycles. The molecule has 0 spiro atoms. The van der Waals surface area contributed by atoms with Gasteiger partial charge in [0.05, 0.1) is 30.8 Å². The summed E-state index contributed by atoms with van der Waals surface area (Å²) < 4.78 is 8.21. The number of rotatable bonds is 4. The van der Waals surface area contributed by atoms with E-state index in [0.717, 1.165) is 30.9 Å². The first kappa shape index (κ1) is 18.7. The fourth-order valence-electron chi connectivity index (χ4n) is 4.14. The Balaban J connectivity index is 1.46. The highest BCUT2D eigenvalue weighted by molar-refractivity contribution is 5.76. The molecule has 0 unspecified atom stereocenters. The molecule has 28 heavy (non-hydrogen) atoms. The second-order valence-corrected chi connectivity index (χ2v) is 7.79. The summed E-state index contributed by atoms with van der Waals surface area (Å²) in [5, 5.41) is 9.00. The summed E-state index contributed by atoms with van der Waals surface area (Å²) in [5.74, 6) is 1.03. The number of hydrogen-bond donors (Lipinski definition) is 0. The van der Waals surface area contributed by atoms with Gasteiger partial charge in [-0.1, -0.05) is 0 Å². The zero-order valence-electron chi connectivity index (χ0n) is 16.3. The molecule has 1 aromatic heterocycles. The normalized spacial score (nSPS) is 24.5. The Bertz CT molecular complexity index is 883. The molecule has 0 aliphatic carbocycles. The van der Waals surface area contributed by atoms with Crippen LogP contribution >= 0.6 is 0 Å².